The number of carbonyl (C=O) groups excluding carboxylic acids is 1. The minimum atomic E-state index is -0.536. The average molecular weight is 399 g/mol. The molecular weight excluding hydrogens is 356 g/mol. The minimum absolute atomic E-state index is 0.0794. The van der Waals surface area contributed by atoms with E-state index >= 15 is 0 Å². The largest absolute Gasteiger partial charge is 0.390 e. The molecule has 4 aliphatic rings. The first-order valence-electron chi connectivity index (χ1n) is 12.2. The zero-order valence-corrected chi connectivity index (χ0v) is 19.3. The van der Waals surface area contributed by atoms with E-state index in [1.807, 2.05) is 12.2 Å². The third kappa shape index (κ3) is 3.48. The molecule has 3 saturated carbocycles. The van der Waals surface area contributed by atoms with Gasteiger partial charge in [0.15, 0.2) is 5.78 Å². The molecule has 0 aromatic rings. The van der Waals surface area contributed by atoms with Gasteiger partial charge < -0.3 is 5.11 Å². The molecule has 0 radical (unpaired) electrons. The van der Waals surface area contributed by atoms with Gasteiger partial charge in [-0.25, -0.2) is 0 Å². The standard InChI is InChI=1S/C27H42O2/c1-18(2)7-6-14-27(5,29)24-11-10-22-21-9-8-19-17-20(28)12-15-25(19,3)23(21)13-16-26(22,24)4/h12,15,17-18,21-24,29H,6-11,13-14,16H2,1-5H3. The molecule has 4 rings (SSSR count). The maximum absolute atomic E-state index is 11.9. The van der Waals surface area contributed by atoms with Crippen LogP contribution in [-0.4, -0.2) is 16.5 Å². The molecule has 29 heavy (non-hydrogen) atoms. The number of hydrogen-bond donors (Lipinski definition) is 1. The van der Waals surface area contributed by atoms with E-state index in [9.17, 15) is 9.90 Å². The van der Waals surface area contributed by atoms with Gasteiger partial charge in [-0.15, -0.1) is 0 Å². The molecule has 7 atom stereocenters. The Hall–Kier alpha value is -0.890. The number of fused-ring (bicyclic) bond motifs is 5. The van der Waals surface area contributed by atoms with Gasteiger partial charge in [-0.3, -0.25) is 4.79 Å². The first-order chi connectivity index (χ1) is 13.6. The van der Waals surface area contributed by atoms with Crippen LogP contribution >= 0.6 is 0 Å². The normalized spacial score (nSPS) is 43.4. The lowest BCUT2D eigenvalue weighted by molar-refractivity contribution is -0.112. The Morgan fingerprint density at radius 1 is 1.17 bits per heavy atom. The van der Waals surface area contributed by atoms with Crippen molar-refractivity contribution in [2.45, 2.75) is 98.0 Å². The van der Waals surface area contributed by atoms with E-state index < -0.39 is 5.60 Å². The molecule has 1 N–H and O–H groups in total. The van der Waals surface area contributed by atoms with Gasteiger partial charge >= 0.3 is 0 Å². The molecule has 0 heterocycles. The zero-order valence-electron chi connectivity index (χ0n) is 19.3. The van der Waals surface area contributed by atoms with Crippen LogP contribution in [0.25, 0.3) is 0 Å². The lowest BCUT2D eigenvalue weighted by Crippen LogP contribution is -2.52. The van der Waals surface area contributed by atoms with Crippen molar-refractivity contribution in [2.75, 3.05) is 0 Å². The van der Waals surface area contributed by atoms with Gasteiger partial charge in [0.2, 0.25) is 0 Å². The van der Waals surface area contributed by atoms with Crippen LogP contribution in [0.2, 0.25) is 0 Å². The van der Waals surface area contributed by atoms with Crippen LogP contribution in [0.5, 0.6) is 0 Å². The van der Waals surface area contributed by atoms with Crippen LogP contribution < -0.4 is 0 Å². The Bertz CT molecular complexity index is 714. The summed E-state index contributed by atoms with van der Waals surface area (Å²) in [5.74, 6) is 3.46. The van der Waals surface area contributed by atoms with E-state index in [-0.39, 0.29) is 16.6 Å². The average Bonchev–Trinajstić information content (AvgIpc) is 3.00. The van der Waals surface area contributed by atoms with Crippen molar-refractivity contribution in [3.63, 3.8) is 0 Å². The fourth-order valence-electron chi connectivity index (χ4n) is 8.26. The molecule has 2 nitrogen and oxygen atoms in total. The summed E-state index contributed by atoms with van der Waals surface area (Å²) in [6.45, 7) is 11.6. The maximum Gasteiger partial charge on any atom is 0.178 e. The van der Waals surface area contributed by atoms with Crippen LogP contribution in [0, 0.1) is 40.4 Å². The molecule has 0 saturated heterocycles. The zero-order chi connectivity index (χ0) is 21.0. The van der Waals surface area contributed by atoms with Crippen molar-refractivity contribution in [1.82, 2.24) is 0 Å². The number of allylic oxidation sites excluding steroid dienone is 4. The van der Waals surface area contributed by atoms with E-state index in [4.69, 9.17) is 0 Å². The molecule has 2 heteroatoms. The fourth-order valence-corrected chi connectivity index (χ4v) is 8.26. The Kier molecular flexibility index (Phi) is 5.42. The smallest absolute Gasteiger partial charge is 0.178 e. The summed E-state index contributed by atoms with van der Waals surface area (Å²) in [5, 5.41) is 11.5. The predicted octanol–water partition coefficient (Wildman–Crippen LogP) is 6.49. The molecule has 0 aromatic carbocycles. The highest BCUT2D eigenvalue weighted by Gasteiger charge is 2.61. The number of rotatable bonds is 5. The van der Waals surface area contributed by atoms with Gasteiger partial charge in [-0.2, -0.15) is 0 Å². The van der Waals surface area contributed by atoms with E-state index in [0.717, 1.165) is 31.1 Å². The number of carbonyl (C=O) groups is 1. The van der Waals surface area contributed by atoms with Crippen molar-refractivity contribution in [3.8, 4) is 0 Å². The van der Waals surface area contributed by atoms with Crippen LogP contribution in [0.4, 0.5) is 0 Å². The number of hydrogen-bond acceptors (Lipinski definition) is 2. The summed E-state index contributed by atoms with van der Waals surface area (Å²) >= 11 is 0. The minimum Gasteiger partial charge on any atom is -0.390 e. The lowest BCUT2D eigenvalue weighted by atomic mass is 9.47. The molecule has 0 bridgehead atoms. The van der Waals surface area contributed by atoms with Crippen LogP contribution in [-0.2, 0) is 4.79 Å². The van der Waals surface area contributed by atoms with Crippen LogP contribution in [0.15, 0.2) is 23.8 Å². The van der Waals surface area contributed by atoms with Gasteiger partial charge in [0.25, 0.3) is 0 Å². The lowest BCUT2D eigenvalue weighted by Gasteiger charge is -2.58. The highest BCUT2D eigenvalue weighted by Crippen LogP contribution is 2.67. The first-order valence-corrected chi connectivity index (χ1v) is 12.2. The third-order valence-electron chi connectivity index (χ3n) is 9.77. The summed E-state index contributed by atoms with van der Waals surface area (Å²) in [7, 11) is 0. The Labute approximate surface area is 178 Å². The monoisotopic (exact) mass is 398 g/mol. The van der Waals surface area contributed by atoms with E-state index in [0.29, 0.717) is 17.8 Å². The van der Waals surface area contributed by atoms with E-state index in [1.54, 1.807) is 0 Å². The summed E-state index contributed by atoms with van der Waals surface area (Å²) in [5.41, 5.74) is 1.20. The van der Waals surface area contributed by atoms with Gasteiger partial charge in [0.05, 0.1) is 5.60 Å². The molecule has 162 valence electrons. The van der Waals surface area contributed by atoms with Crippen molar-refractivity contribution in [1.29, 1.82) is 0 Å². The van der Waals surface area contributed by atoms with E-state index in [1.165, 1.54) is 44.1 Å². The second-order valence-electron chi connectivity index (χ2n) is 11.9. The molecular formula is C27H42O2. The van der Waals surface area contributed by atoms with Crippen LogP contribution in [0.1, 0.15) is 92.4 Å². The summed E-state index contributed by atoms with van der Waals surface area (Å²) in [4.78, 5) is 11.9. The topological polar surface area (TPSA) is 37.3 Å². The number of aliphatic hydroxyl groups is 1. The van der Waals surface area contributed by atoms with Gasteiger partial charge in [-0.05, 0) is 99.0 Å². The van der Waals surface area contributed by atoms with Crippen molar-refractivity contribution in [2.24, 2.45) is 40.4 Å². The fraction of sp³-hybridized carbons (Fsp3) is 0.815. The summed E-state index contributed by atoms with van der Waals surface area (Å²) in [6, 6.07) is 0. The van der Waals surface area contributed by atoms with Crippen molar-refractivity contribution in [3.05, 3.63) is 23.8 Å². The van der Waals surface area contributed by atoms with Gasteiger partial charge in [-0.1, -0.05) is 52.2 Å². The molecule has 0 spiro atoms. The maximum atomic E-state index is 11.9. The SMILES string of the molecule is CC(C)CCCC(C)(O)C1CCC2C3CCC4=CC(=O)C=CC4(C)C3CCC21C. The Morgan fingerprint density at radius 2 is 1.93 bits per heavy atom. The Balaban J connectivity index is 1.54. The molecule has 7 unspecified atom stereocenters. The quantitative estimate of drug-likeness (QED) is 0.575. The molecule has 4 aliphatic carbocycles. The first kappa shape index (κ1) is 21.3. The highest BCUT2D eigenvalue weighted by atomic mass is 16.3. The third-order valence-corrected chi connectivity index (χ3v) is 9.77. The van der Waals surface area contributed by atoms with Gasteiger partial charge in [0, 0.05) is 5.41 Å². The summed E-state index contributed by atoms with van der Waals surface area (Å²) in [6.07, 6.45) is 16.5. The highest BCUT2D eigenvalue weighted by molar-refractivity contribution is 6.01. The van der Waals surface area contributed by atoms with Crippen molar-refractivity contribution < 1.29 is 9.90 Å². The molecule has 3 fully saturated rings. The molecule has 0 aliphatic heterocycles. The second-order valence-corrected chi connectivity index (χ2v) is 11.9. The molecule has 0 amide bonds. The van der Waals surface area contributed by atoms with E-state index in [2.05, 4.69) is 40.7 Å². The summed E-state index contributed by atoms with van der Waals surface area (Å²) < 4.78 is 0. The molecule has 0 aromatic heterocycles. The second kappa shape index (κ2) is 7.36. The van der Waals surface area contributed by atoms with Crippen molar-refractivity contribution >= 4 is 5.78 Å². The van der Waals surface area contributed by atoms with Gasteiger partial charge in [0.1, 0.15) is 0 Å². The number of ketones is 1. The van der Waals surface area contributed by atoms with Crippen LogP contribution in [0.3, 0.4) is 0 Å². The predicted molar refractivity (Wildman–Crippen MR) is 119 cm³/mol. The Morgan fingerprint density at radius 3 is 2.66 bits per heavy atom.